The molecule has 0 bridgehead atoms. The largest absolute Gasteiger partial charge is 0.317 e. The second-order valence-electron chi connectivity index (χ2n) is 1.46. The molecule has 0 atom stereocenters. The first-order valence-electron chi connectivity index (χ1n) is 2.21. The first-order valence-corrected chi connectivity index (χ1v) is 2.21. The molecule has 62 valence electrons. The average molecular weight is 217 g/mol. The Morgan fingerprint density at radius 3 is 1.11 bits per heavy atom. The van der Waals surface area contributed by atoms with Crippen molar-refractivity contribution in [3.63, 3.8) is 0 Å². The third kappa shape index (κ3) is 12.3. The van der Waals surface area contributed by atoms with Gasteiger partial charge in [0.25, 0.3) is 0 Å². The molecule has 1 rings (SSSR count). The maximum absolute atomic E-state index is 3.22. The van der Waals surface area contributed by atoms with E-state index < -0.39 is 0 Å². The van der Waals surface area contributed by atoms with Gasteiger partial charge in [0.2, 0.25) is 0 Å². The van der Waals surface area contributed by atoms with E-state index in [2.05, 4.69) is 5.32 Å². The number of rotatable bonds is 0. The lowest BCUT2D eigenvalue weighted by atomic mass is 10.4. The molecule has 5 heteroatoms. The van der Waals surface area contributed by atoms with Gasteiger partial charge in [-0.05, 0) is 25.9 Å². The van der Waals surface area contributed by atoms with Crippen LogP contribution in [0.25, 0.3) is 0 Å². The molecule has 0 unspecified atom stereocenters. The summed E-state index contributed by atoms with van der Waals surface area (Å²) in [5.41, 5.74) is 0. The summed E-state index contributed by atoms with van der Waals surface area (Å²) in [5, 5.41) is 3.22. The number of nitrogens with one attached hydrogen (secondary N) is 1. The minimum Gasteiger partial charge on any atom is -0.317 e. The van der Waals surface area contributed by atoms with Crippen molar-refractivity contribution in [1.29, 1.82) is 0 Å². The average Bonchev–Trinajstić information content (AvgIpc) is 1.76. The quantitative estimate of drug-likeness (QED) is 0.654. The van der Waals surface area contributed by atoms with Gasteiger partial charge < -0.3 is 5.32 Å². The van der Waals surface area contributed by atoms with Crippen LogP contribution < -0.4 is 5.32 Å². The van der Waals surface area contributed by atoms with Crippen molar-refractivity contribution in [2.75, 3.05) is 13.1 Å². The van der Waals surface area contributed by atoms with E-state index in [-0.39, 0.29) is 49.6 Å². The normalized spacial score (nSPS) is 13.3. The van der Waals surface area contributed by atoms with Gasteiger partial charge in [0.15, 0.2) is 0 Å². The molecule has 0 amide bonds. The van der Waals surface area contributed by atoms with Crippen LogP contribution in [0.2, 0.25) is 0 Å². The topological polar surface area (TPSA) is 12.0 Å². The van der Waals surface area contributed by atoms with Gasteiger partial charge in [0.05, 0.1) is 0 Å². The van der Waals surface area contributed by atoms with Gasteiger partial charge in [-0.3, -0.25) is 0 Å². The summed E-state index contributed by atoms with van der Waals surface area (Å²) in [5.74, 6) is 0. The highest BCUT2D eigenvalue weighted by atomic mass is 35.5. The molecule has 1 aliphatic rings. The van der Waals surface area contributed by atoms with Crippen LogP contribution in [0.4, 0.5) is 0 Å². The molecular weight excluding hydrogens is 204 g/mol. The molecule has 0 radical (unpaired) electrons. The third-order valence-corrected chi connectivity index (χ3v) is 0.957. The Hall–Kier alpha value is 1.12. The molecule has 1 fully saturated rings. The molecule has 0 saturated carbocycles. The van der Waals surface area contributed by atoms with Crippen LogP contribution in [0.3, 0.4) is 0 Å². The Bertz CT molecular complexity index is 24.1. The Kier molecular flexibility index (Phi) is 40.1. The van der Waals surface area contributed by atoms with Gasteiger partial charge >= 0.3 is 0 Å². The highest BCUT2D eigenvalue weighted by Gasteiger charge is 1.93. The van der Waals surface area contributed by atoms with Gasteiger partial charge in [-0.2, -0.15) is 0 Å². The Morgan fingerprint density at radius 1 is 0.667 bits per heavy atom. The second kappa shape index (κ2) is 16.1. The summed E-state index contributed by atoms with van der Waals surface area (Å²) in [6, 6.07) is 0. The zero-order valence-electron chi connectivity index (χ0n) is 4.96. The zero-order valence-corrected chi connectivity index (χ0v) is 8.23. The lowest BCUT2D eigenvalue weighted by molar-refractivity contribution is 0.857. The van der Waals surface area contributed by atoms with E-state index in [1.807, 2.05) is 0 Å². The van der Waals surface area contributed by atoms with E-state index in [9.17, 15) is 0 Å². The number of halogens is 4. The molecule has 1 aliphatic heterocycles. The monoisotopic (exact) mass is 215 g/mol. The van der Waals surface area contributed by atoms with Crippen molar-refractivity contribution in [2.24, 2.45) is 0 Å². The smallest absolute Gasteiger partial charge is 0.00484 e. The Labute approximate surface area is 81.0 Å². The fraction of sp³-hybridized carbons (Fsp3) is 1.00. The van der Waals surface area contributed by atoms with Crippen LogP contribution in [0.15, 0.2) is 0 Å². The summed E-state index contributed by atoms with van der Waals surface area (Å²) < 4.78 is 0. The highest BCUT2D eigenvalue weighted by Crippen LogP contribution is 1.90. The van der Waals surface area contributed by atoms with Gasteiger partial charge in [-0.25, -0.2) is 0 Å². The summed E-state index contributed by atoms with van der Waals surface area (Å²) in [4.78, 5) is 0. The van der Waals surface area contributed by atoms with Crippen molar-refractivity contribution in [3.05, 3.63) is 0 Å². The van der Waals surface area contributed by atoms with E-state index >= 15 is 0 Å². The number of hydrogen-bond donors (Lipinski definition) is 1. The lowest BCUT2D eigenvalue weighted by Crippen LogP contribution is -2.03. The maximum Gasteiger partial charge on any atom is -0.00484 e. The molecule has 0 aliphatic carbocycles. The molecule has 0 aromatic carbocycles. The minimum absolute atomic E-state index is 0. The minimum atomic E-state index is 0. The molecule has 9 heavy (non-hydrogen) atoms. The van der Waals surface area contributed by atoms with Crippen molar-refractivity contribution in [1.82, 2.24) is 5.32 Å². The van der Waals surface area contributed by atoms with E-state index in [1.54, 1.807) is 0 Å². The van der Waals surface area contributed by atoms with Crippen LogP contribution in [-0.2, 0) is 0 Å². The Balaban J connectivity index is -0.0000000312. The number of hydrogen-bond acceptors (Lipinski definition) is 1. The first-order chi connectivity index (χ1) is 2.50. The highest BCUT2D eigenvalue weighted by molar-refractivity contribution is 5.86. The van der Waals surface area contributed by atoms with Gasteiger partial charge in [-0.1, -0.05) is 0 Å². The summed E-state index contributed by atoms with van der Waals surface area (Å²) >= 11 is 0. The molecule has 0 aromatic rings. The fourth-order valence-corrected chi connectivity index (χ4v) is 0.625. The van der Waals surface area contributed by atoms with Crippen LogP contribution in [0.5, 0.6) is 0 Å². The van der Waals surface area contributed by atoms with E-state index in [0.29, 0.717) is 0 Å². The fourth-order valence-electron chi connectivity index (χ4n) is 0.625. The van der Waals surface area contributed by atoms with Crippen molar-refractivity contribution in [3.8, 4) is 0 Å². The summed E-state index contributed by atoms with van der Waals surface area (Å²) in [7, 11) is 0. The van der Waals surface area contributed by atoms with Gasteiger partial charge in [-0.15, -0.1) is 49.6 Å². The van der Waals surface area contributed by atoms with Crippen LogP contribution in [0, 0.1) is 0 Å². The van der Waals surface area contributed by atoms with Crippen LogP contribution in [0.1, 0.15) is 12.8 Å². The van der Waals surface area contributed by atoms with E-state index in [1.165, 1.54) is 25.9 Å². The van der Waals surface area contributed by atoms with Crippen molar-refractivity contribution < 1.29 is 0 Å². The molecule has 1 N–H and O–H groups in total. The predicted octanol–water partition coefficient (Wildman–Crippen LogP) is 2.06. The molecular formula is C4H13Cl4N. The summed E-state index contributed by atoms with van der Waals surface area (Å²) in [6.07, 6.45) is 2.78. The second-order valence-corrected chi connectivity index (χ2v) is 1.46. The molecule has 1 heterocycles. The lowest BCUT2D eigenvalue weighted by Gasteiger charge is -1.76. The Morgan fingerprint density at radius 2 is 1.00 bits per heavy atom. The maximum atomic E-state index is 3.22. The molecule has 0 aromatic heterocycles. The zero-order chi connectivity index (χ0) is 3.54. The van der Waals surface area contributed by atoms with Crippen molar-refractivity contribution in [2.45, 2.75) is 12.8 Å². The van der Waals surface area contributed by atoms with Gasteiger partial charge in [0, 0.05) is 0 Å². The van der Waals surface area contributed by atoms with Crippen LogP contribution >= 0.6 is 49.6 Å². The van der Waals surface area contributed by atoms with Gasteiger partial charge in [0.1, 0.15) is 0 Å². The predicted molar refractivity (Wildman–Crippen MR) is 51.1 cm³/mol. The SMILES string of the molecule is C1CCNC1.Cl.Cl.Cl.Cl. The van der Waals surface area contributed by atoms with E-state index in [0.717, 1.165) is 0 Å². The van der Waals surface area contributed by atoms with E-state index in [4.69, 9.17) is 0 Å². The van der Waals surface area contributed by atoms with Crippen LogP contribution in [-0.4, -0.2) is 13.1 Å². The van der Waals surface area contributed by atoms with Crippen molar-refractivity contribution >= 4 is 49.6 Å². The summed E-state index contributed by atoms with van der Waals surface area (Å²) in [6.45, 7) is 2.50. The molecule has 1 saturated heterocycles. The first kappa shape index (κ1) is 22.5. The molecule has 1 nitrogen and oxygen atoms in total. The third-order valence-electron chi connectivity index (χ3n) is 0.957. The molecule has 0 spiro atoms. The standard InChI is InChI=1S/C4H9N.4ClH/c1-2-4-5-3-1;;;;/h5H,1-4H2;4*1H.